The summed E-state index contributed by atoms with van der Waals surface area (Å²) in [5.74, 6) is 0.418. The number of phenolic OH excluding ortho intramolecular Hbond substituents is 2. The van der Waals surface area contributed by atoms with Gasteiger partial charge in [-0.15, -0.1) is 0 Å². The molecule has 1 aromatic carbocycles. The van der Waals surface area contributed by atoms with E-state index in [2.05, 4.69) is 36.5 Å². The van der Waals surface area contributed by atoms with E-state index in [9.17, 15) is 10.2 Å². The van der Waals surface area contributed by atoms with Crippen LogP contribution < -0.4 is 0 Å². The lowest BCUT2D eigenvalue weighted by Crippen LogP contribution is -2.17. The van der Waals surface area contributed by atoms with E-state index in [1.807, 2.05) is 13.0 Å². The van der Waals surface area contributed by atoms with Crippen LogP contribution in [0.2, 0.25) is 0 Å². The number of aryl methyl sites for hydroxylation is 1. The van der Waals surface area contributed by atoms with Crippen molar-refractivity contribution in [1.29, 1.82) is 0 Å². The number of aromatic nitrogens is 2. The summed E-state index contributed by atoms with van der Waals surface area (Å²) in [5, 5.41) is 22.4. The van der Waals surface area contributed by atoms with Crippen molar-refractivity contribution in [3.05, 3.63) is 59.7 Å². The summed E-state index contributed by atoms with van der Waals surface area (Å²) in [4.78, 5) is 8.30. The molecule has 154 valence electrons. The van der Waals surface area contributed by atoms with Crippen LogP contribution in [-0.4, -0.2) is 20.2 Å². The number of unbranched alkanes of at least 4 members (excludes halogenated alkanes) is 2. The maximum Gasteiger partial charge on any atom is 0.131 e. The molecule has 0 saturated heterocycles. The highest BCUT2D eigenvalue weighted by Crippen LogP contribution is 2.50. The molecule has 29 heavy (non-hydrogen) atoms. The first-order chi connectivity index (χ1) is 13.9. The molecule has 1 aromatic heterocycles. The second-order valence-electron chi connectivity index (χ2n) is 8.31. The minimum atomic E-state index is -0.0886. The molecule has 1 aliphatic rings. The largest absolute Gasteiger partial charge is 0.507 e. The van der Waals surface area contributed by atoms with Crippen molar-refractivity contribution >= 4 is 0 Å². The Bertz CT molecular complexity index is 903. The van der Waals surface area contributed by atoms with Crippen LogP contribution in [0.15, 0.2) is 48.6 Å². The first-order valence-electron chi connectivity index (χ1n) is 10.6. The number of phenols is 2. The Kier molecular flexibility index (Phi) is 6.73. The van der Waals surface area contributed by atoms with Gasteiger partial charge in [0.05, 0.1) is 0 Å². The molecular weight excluding hydrogens is 360 g/mol. The van der Waals surface area contributed by atoms with Gasteiger partial charge in [0, 0.05) is 35.0 Å². The molecule has 0 radical (unpaired) electrons. The third-order valence-corrected chi connectivity index (χ3v) is 6.01. The van der Waals surface area contributed by atoms with Gasteiger partial charge in [-0.2, -0.15) is 0 Å². The second kappa shape index (κ2) is 9.25. The monoisotopic (exact) mass is 392 g/mol. The molecule has 0 aliphatic heterocycles. The number of benzene rings is 1. The van der Waals surface area contributed by atoms with Crippen molar-refractivity contribution in [3.63, 3.8) is 0 Å². The molecule has 4 heteroatoms. The Morgan fingerprint density at radius 3 is 2.59 bits per heavy atom. The summed E-state index contributed by atoms with van der Waals surface area (Å²) in [6.07, 6.45) is 13.1. The zero-order valence-corrected chi connectivity index (χ0v) is 17.8. The molecule has 1 heterocycles. The Morgan fingerprint density at radius 2 is 1.93 bits per heavy atom. The van der Waals surface area contributed by atoms with Gasteiger partial charge >= 0.3 is 0 Å². The van der Waals surface area contributed by atoms with E-state index in [4.69, 9.17) is 0 Å². The van der Waals surface area contributed by atoms with Gasteiger partial charge in [0.2, 0.25) is 0 Å². The lowest BCUT2D eigenvalue weighted by molar-refractivity contribution is 0.407. The molecule has 3 rings (SSSR count). The standard InChI is InChI=1S/C25H32N2O2/c1-5-6-7-8-18-12-22(28)24(21-11-17(4)9-10-20(21)16(2)3)25(29)23(18)19-13-26-15-27-14-19/h11-15,20-21,28-29H,2,5-10H2,1,3-4H3/t20-,21+/m0/s1. The van der Waals surface area contributed by atoms with Crippen molar-refractivity contribution < 1.29 is 10.2 Å². The molecule has 4 nitrogen and oxygen atoms in total. The zero-order chi connectivity index (χ0) is 21.0. The normalized spacial score (nSPS) is 19.1. The fraction of sp³-hybridized carbons (Fsp3) is 0.440. The molecule has 1 aliphatic carbocycles. The van der Waals surface area contributed by atoms with Gasteiger partial charge in [-0.3, -0.25) is 0 Å². The maximum atomic E-state index is 11.4. The van der Waals surface area contributed by atoms with Crippen LogP contribution in [0.5, 0.6) is 11.5 Å². The van der Waals surface area contributed by atoms with Gasteiger partial charge in [0.15, 0.2) is 0 Å². The van der Waals surface area contributed by atoms with E-state index >= 15 is 0 Å². The molecule has 0 bridgehead atoms. The fourth-order valence-electron chi connectivity index (χ4n) is 4.47. The van der Waals surface area contributed by atoms with E-state index in [0.29, 0.717) is 5.56 Å². The molecular formula is C25H32N2O2. The highest BCUT2D eigenvalue weighted by molar-refractivity contribution is 5.77. The molecule has 0 fully saturated rings. The molecule has 0 spiro atoms. The van der Waals surface area contributed by atoms with Crippen molar-refractivity contribution in [3.8, 4) is 22.6 Å². The highest BCUT2D eigenvalue weighted by atomic mass is 16.3. The zero-order valence-electron chi connectivity index (χ0n) is 17.8. The van der Waals surface area contributed by atoms with Gasteiger partial charge in [-0.05, 0) is 57.1 Å². The SMILES string of the molecule is C=C(C)[C@@H]1CCC(C)=C[C@H]1c1c(O)cc(CCCCC)c(-c2cncnc2)c1O. The van der Waals surface area contributed by atoms with Crippen LogP contribution in [-0.2, 0) is 6.42 Å². The Hall–Kier alpha value is -2.62. The Labute approximate surface area is 174 Å². The number of aromatic hydroxyl groups is 2. The van der Waals surface area contributed by atoms with Crippen molar-refractivity contribution in [2.45, 2.75) is 65.2 Å². The summed E-state index contributed by atoms with van der Waals surface area (Å²) in [7, 11) is 0. The van der Waals surface area contributed by atoms with Crippen LogP contribution in [0.3, 0.4) is 0 Å². The number of nitrogens with zero attached hydrogens (tertiary/aromatic N) is 2. The quantitative estimate of drug-likeness (QED) is 0.428. The van der Waals surface area contributed by atoms with Gasteiger partial charge in [0.1, 0.15) is 17.8 Å². The molecule has 0 unspecified atom stereocenters. The van der Waals surface area contributed by atoms with E-state index < -0.39 is 0 Å². The van der Waals surface area contributed by atoms with Crippen LogP contribution >= 0.6 is 0 Å². The van der Waals surface area contributed by atoms with E-state index in [1.54, 1.807) is 12.4 Å². The number of hydrogen-bond donors (Lipinski definition) is 2. The van der Waals surface area contributed by atoms with Crippen LogP contribution in [0.1, 0.15) is 69.9 Å². The predicted molar refractivity (Wildman–Crippen MR) is 118 cm³/mol. The highest BCUT2D eigenvalue weighted by Gasteiger charge is 2.32. The van der Waals surface area contributed by atoms with Gasteiger partial charge in [0.25, 0.3) is 0 Å². The molecule has 2 atom stereocenters. The average molecular weight is 393 g/mol. The Morgan fingerprint density at radius 1 is 1.21 bits per heavy atom. The molecule has 0 saturated carbocycles. The third kappa shape index (κ3) is 4.52. The summed E-state index contributed by atoms with van der Waals surface area (Å²) in [5.41, 5.74) is 5.41. The van der Waals surface area contributed by atoms with E-state index in [-0.39, 0.29) is 23.3 Å². The van der Waals surface area contributed by atoms with Crippen molar-refractivity contribution in [1.82, 2.24) is 9.97 Å². The smallest absolute Gasteiger partial charge is 0.131 e. The molecule has 0 amide bonds. The summed E-state index contributed by atoms with van der Waals surface area (Å²) in [6, 6.07) is 1.83. The van der Waals surface area contributed by atoms with E-state index in [0.717, 1.165) is 60.8 Å². The molecule has 2 aromatic rings. The predicted octanol–water partition coefficient (Wildman–Crippen LogP) is 6.30. The number of hydrogen-bond acceptors (Lipinski definition) is 4. The van der Waals surface area contributed by atoms with Crippen LogP contribution in [0.4, 0.5) is 0 Å². The lowest BCUT2D eigenvalue weighted by atomic mass is 9.73. The third-order valence-electron chi connectivity index (χ3n) is 6.01. The van der Waals surface area contributed by atoms with Gasteiger partial charge in [-0.25, -0.2) is 9.97 Å². The minimum absolute atomic E-state index is 0.0886. The summed E-state index contributed by atoms with van der Waals surface area (Å²) >= 11 is 0. The van der Waals surface area contributed by atoms with E-state index in [1.165, 1.54) is 11.9 Å². The first-order valence-corrected chi connectivity index (χ1v) is 10.6. The maximum absolute atomic E-state index is 11.4. The van der Waals surface area contributed by atoms with Gasteiger partial charge in [-0.1, -0.05) is 43.6 Å². The fourth-order valence-corrected chi connectivity index (χ4v) is 4.47. The van der Waals surface area contributed by atoms with Crippen molar-refractivity contribution in [2.24, 2.45) is 5.92 Å². The van der Waals surface area contributed by atoms with Crippen LogP contribution in [0, 0.1) is 5.92 Å². The molecule has 2 N–H and O–H groups in total. The van der Waals surface area contributed by atoms with Crippen LogP contribution in [0.25, 0.3) is 11.1 Å². The summed E-state index contributed by atoms with van der Waals surface area (Å²) < 4.78 is 0. The number of rotatable bonds is 7. The summed E-state index contributed by atoms with van der Waals surface area (Å²) in [6.45, 7) is 10.5. The minimum Gasteiger partial charge on any atom is -0.507 e. The van der Waals surface area contributed by atoms with Crippen molar-refractivity contribution in [2.75, 3.05) is 0 Å². The second-order valence-corrected chi connectivity index (χ2v) is 8.31. The Balaban J connectivity index is 2.18. The number of allylic oxidation sites excluding steroid dienone is 3. The van der Waals surface area contributed by atoms with Gasteiger partial charge < -0.3 is 10.2 Å². The topological polar surface area (TPSA) is 66.2 Å². The average Bonchev–Trinajstić information content (AvgIpc) is 2.68. The first kappa shape index (κ1) is 21.1. The lowest BCUT2D eigenvalue weighted by Gasteiger charge is -2.32.